The summed E-state index contributed by atoms with van der Waals surface area (Å²) in [6.07, 6.45) is 0. The van der Waals surface area contributed by atoms with Gasteiger partial charge in [-0.25, -0.2) is 0 Å². The molecule has 0 aliphatic carbocycles. The van der Waals surface area contributed by atoms with E-state index in [0.717, 1.165) is 11.3 Å². The number of carbonyl (C=O) groups is 1. The molecule has 27 heavy (non-hydrogen) atoms. The van der Waals surface area contributed by atoms with E-state index in [2.05, 4.69) is 0 Å². The topological polar surface area (TPSA) is 81.9 Å². The van der Waals surface area contributed by atoms with Crippen LogP contribution in [0.5, 0.6) is 11.5 Å². The van der Waals surface area contributed by atoms with Crippen LogP contribution in [0.4, 0.5) is 5.69 Å². The van der Waals surface area contributed by atoms with Crippen molar-refractivity contribution in [2.45, 2.75) is 12.3 Å². The highest BCUT2D eigenvalue weighted by Crippen LogP contribution is 2.43. The first-order valence-corrected chi connectivity index (χ1v) is 9.40. The molecule has 1 amide bonds. The van der Waals surface area contributed by atoms with E-state index in [1.54, 1.807) is 56.0 Å². The summed E-state index contributed by atoms with van der Waals surface area (Å²) in [5, 5.41) is 11.0. The summed E-state index contributed by atoms with van der Waals surface area (Å²) in [6.45, 7) is 2.22. The third kappa shape index (κ3) is 3.71. The third-order valence-corrected chi connectivity index (χ3v) is 5.75. The van der Waals surface area contributed by atoms with Crippen LogP contribution in [0.2, 0.25) is 0 Å². The van der Waals surface area contributed by atoms with Gasteiger partial charge in [-0.05, 0) is 25.1 Å². The van der Waals surface area contributed by atoms with Gasteiger partial charge in [0.1, 0.15) is 16.9 Å². The highest BCUT2D eigenvalue weighted by Gasteiger charge is 2.33. The van der Waals surface area contributed by atoms with E-state index in [-0.39, 0.29) is 17.0 Å². The number of aryl methyl sites for hydroxylation is 1. The van der Waals surface area contributed by atoms with Crippen LogP contribution >= 0.6 is 11.8 Å². The zero-order valence-electron chi connectivity index (χ0n) is 15.3. The molecular weight excluding hydrogens is 368 g/mol. The smallest absolute Gasteiger partial charge is 0.273 e. The molecule has 1 fully saturated rings. The number of nitro groups is 1. The summed E-state index contributed by atoms with van der Waals surface area (Å²) in [5.41, 5.74) is 1.66. The fourth-order valence-electron chi connectivity index (χ4n) is 3.06. The molecular formula is C19H20N2O5S. The van der Waals surface area contributed by atoms with Gasteiger partial charge >= 0.3 is 0 Å². The molecule has 0 unspecified atom stereocenters. The van der Waals surface area contributed by atoms with Crippen LogP contribution < -0.4 is 9.47 Å². The molecule has 8 heteroatoms. The van der Waals surface area contributed by atoms with Gasteiger partial charge in [0.15, 0.2) is 0 Å². The first-order valence-electron chi connectivity index (χ1n) is 8.35. The SMILES string of the molecule is COc1ccc([C@H]2SCCN2C(=O)c2ccc(C)c([N+](=O)[O-])c2)c(OC)c1. The summed E-state index contributed by atoms with van der Waals surface area (Å²) < 4.78 is 10.7. The molecule has 0 saturated carbocycles. The predicted molar refractivity (Wildman–Crippen MR) is 104 cm³/mol. The van der Waals surface area contributed by atoms with E-state index < -0.39 is 4.92 Å². The van der Waals surface area contributed by atoms with Crippen LogP contribution in [-0.4, -0.2) is 42.2 Å². The Morgan fingerprint density at radius 3 is 2.67 bits per heavy atom. The van der Waals surface area contributed by atoms with Gasteiger partial charge in [-0.1, -0.05) is 6.07 Å². The number of carbonyl (C=O) groups excluding carboxylic acids is 1. The summed E-state index contributed by atoms with van der Waals surface area (Å²) in [5.74, 6) is 1.86. The molecule has 0 spiro atoms. The lowest BCUT2D eigenvalue weighted by molar-refractivity contribution is -0.385. The van der Waals surface area contributed by atoms with Gasteiger partial charge in [0.25, 0.3) is 11.6 Å². The van der Waals surface area contributed by atoms with Crippen molar-refractivity contribution in [2.24, 2.45) is 0 Å². The Balaban J connectivity index is 1.94. The normalized spacial score (nSPS) is 16.3. The minimum atomic E-state index is -0.463. The first kappa shape index (κ1) is 19.0. The van der Waals surface area contributed by atoms with Crippen molar-refractivity contribution in [3.05, 3.63) is 63.2 Å². The standard InChI is InChI=1S/C19H20N2O5S/c1-12-4-5-13(10-16(12)21(23)24)18(22)20-8-9-27-19(20)15-7-6-14(25-2)11-17(15)26-3/h4-7,10-11,19H,8-9H2,1-3H3/t19-/m1/s1. The third-order valence-electron chi connectivity index (χ3n) is 4.51. The number of hydrogen-bond acceptors (Lipinski definition) is 6. The highest BCUT2D eigenvalue weighted by atomic mass is 32.2. The van der Waals surface area contributed by atoms with Crippen LogP contribution in [-0.2, 0) is 0 Å². The minimum Gasteiger partial charge on any atom is -0.497 e. The summed E-state index contributed by atoms with van der Waals surface area (Å²) in [6, 6.07) is 10.1. The lowest BCUT2D eigenvalue weighted by atomic mass is 10.1. The molecule has 3 rings (SSSR count). The van der Waals surface area contributed by atoms with Gasteiger partial charge in [0, 0.05) is 41.1 Å². The molecule has 0 N–H and O–H groups in total. The van der Waals surface area contributed by atoms with Crippen molar-refractivity contribution in [3.63, 3.8) is 0 Å². The van der Waals surface area contributed by atoms with Gasteiger partial charge in [-0.3, -0.25) is 14.9 Å². The second-order valence-corrected chi connectivity index (χ2v) is 7.28. The van der Waals surface area contributed by atoms with Crippen molar-refractivity contribution in [3.8, 4) is 11.5 Å². The van der Waals surface area contributed by atoms with Gasteiger partial charge in [0.05, 0.1) is 19.1 Å². The second kappa shape index (κ2) is 7.87. The molecule has 1 aliphatic heterocycles. The molecule has 0 radical (unpaired) electrons. The number of rotatable bonds is 5. The lowest BCUT2D eigenvalue weighted by Crippen LogP contribution is -2.30. The summed E-state index contributed by atoms with van der Waals surface area (Å²) in [7, 11) is 3.16. The lowest BCUT2D eigenvalue weighted by Gasteiger charge is -2.25. The van der Waals surface area contributed by atoms with Gasteiger partial charge in [-0.15, -0.1) is 11.8 Å². The van der Waals surface area contributed by atoms with E-state index in [0.29, 0.717) is 29.2 Å². The maximum atomic E-state index is 13.1. The molecule has 1 heterocycles. The summed E-state index contributed by atoms with van der Waals surface area (Å²) in [4.78, 5) is 25.5. The molecule has 1 atom stereocenters. The molecule has 0 aromatic heterocycles. The maximum Gasteiger partial charge on any atom is 0.273 e. The van der Waals surface area contributed by atoms with Crippen LogP contribution in [0.25, 0.3) is 0 Å². The second-order valence-electron chi connectivity index (χ2n) is 6.09. The molecule has 2 aromatic carbocycles. The van der Waals surface area contributed by atoms with Crippen LogP contribution in [0, 0.1) is 17.0 Å². The van der Waals surface area contributed by atoms with Gasteiger partial charge < -0.3 is 14.4 Å². The van der Waals surface area contributed by atoms with E-state index in [9.17, 15) is 14.9 Å². The minimum absolute atomic E-state index is 0.0497. The van der Waals surface area contributed by atoms with Gasteiger partial charge in [0.2, 0.25) is 0 Å². The van der Waals surface area contributed by atoms with Crippen molar-refractivity contribution in [1.82, 2.24) is 4.90 Å². The van der Waals surface area contributed by atoms with E-state index >= 15 is 0 Å². The number of ether oxygens (including phenoxy) is 2. The molecule has 142 valence electrons. The Morgan fingerprint density at radius 2 is 2.00 bits per heavy atom. The van der Waals surface area contributed by atoms with E-state index in [1.165, 1.54) is 6.07 Å². The zero-order valence-corrected chi connectivity index (χ0v) is 16.1. The quantitative estimate of drug-likeness (QED) is 0.572. The van der Waals surface area contributed by atoms with Crippen molar-refractivity contribution >= 4 is 23.4 Å². The monoisotopic (exact) mass is 388 g/mol. The number of thioether (sulfide) groups is 1. The van der Waals surface area contributed by atoms with E-state index in [1.807, 2.05) is 12.1 Å². The average molecular weight is 388 g/mol. The number of methoxy groups -OCH3 is 2. The number of amides is 1. The number of hydrogen-bond donors (Lipinski definition) is 0. The predicted octanol–water partition coefficient (Wildman–Crippen LogP) is 3.81. The number of nitrogens with zero attached hydrogens (tertiary/aromatic N) is 2. The first-order chi connectivity index (χ1) is 13.0. The Bertz CT molecular complexity index is 886. The van der Waals surface area contributed by atoms with E-state index in [4.69, 9.17) is 9.47 Å². The van der Waals surface area contributed by atoms with Gasteiger partial charge in [-0.2, -0.15) is 0 Å². The molecule has 0 bridgehead atoms. The summed E-state index contributed by atoms with van der Waals surface area (Å²) >= 11 is 1.63. The zero-order chi connectivity index (χ0) is 19.6. The molecule has 2 aromatic rings. The Morgan fingerprint density at radius 1 is 1.22 bits per heavy atom. The fraction of sp³-hybridized carbons (Fsp3) is 0.316. The largest absolute Gasteiger partial charge is 0.497 e. The Labute approximate surface area is 161 Å². The number of benzene rings is 2. The maximum absolute atomic E-state index is 13.1. The van der Waals surface area contributed by atoms with Crippen LogP contribution in [0.1, 0.15) is 26.9 Å². The number of nitro benzene ring substituents is 1. The molecule has 1 aliphatic rings. The molecule has 1 saturated heterocycles. The average Bonchev–Trinajstić information content (AvgIpc) is 3.16. The van der Waals surface area contributed by atoms with Crippen molar-refractivity contribution in [1.29, 1.82) is 0 Å². The fourth-order valence-corrected chi connectivity index (χ4v) is 4.34. The van der Waals surface area contributed by atoms with Crippen LogP contribution in [0.3, 0.4) is 0 Å². The van der Waals surface area contributed by atoms with Crippen LogP contribution in [0.15, 0.2) is 36.4 Å². The Hall–Kier alpha value is -2.74. The Kier molecular flexibility index (Phi) is 5.55. The molecule has 7 nitrogen and oxygen atoms in total. The van der Waals surface area contributed by atoms with Crippen molar-refractivity contribution < 1.29 is 19.2 Å². The highest BCUT2D eigenvalue weighted by molar-refractivity contribution is 7.99. The van der Waals surface area contributed by atoms with Crippen molar-refractivity contribution in [2.75, 3.05) is 26.5 Å².